The zero-order valence-electron chi connectivity index (χ0n) is 47.8. The zero-order valence-corrected chi connectivity index (χ0v) is 47.8. The Balaban J connectivity index is 4.45. The van der Waals surface area contributed by atoms with E-state index >= 15 is 0 Å². The van der Waals surface area contributed by atoms with Gasteiger partial charge < -0.3 is 14.2 Å². The van der Waals surface area contributed by atoms with Crippen molar-refractivity contribution >= 4 is 17.9 Å². The summed E-state index contributed by atoms with van der Waals surface area (Å²) in [7, 11) is 0. The quantitative estimate of drug-likeness (QED) is 0.0261. The van der Waals surface area contributed by atoms with Gasteiger partial charge in [0.15, 0.2) is 6.10 Å². The smallest absolute Gasteiger partial charge is 0.306 e. The standard InChI is InChI=1S/C68H110O6/c1-4-7-10-13-16-19-22-25-28-30-32-33-34-35-37-38-40-43-46-49-52-55-58-61-67(70)73-64-65(63-72-66(69)60-57-54-51-48-45-42-27-24-21-18-15-12-9-6-3)74-68(71)62-59-56-53-50-47-44-41-39-36-31-29-26-23-20-17-14-11-8-5-2/h7-8,10-11,15-20,24-29,32-33,35-37,39,65H,4-6,9,12-14,21-23,30-31,34,38,40-64H2,1-3H3/b10-7-,11-8-,18-15-,19-16-,20-17-,27-24-,28-25-,29-26-,33-32-,37-35-,39-36-. The predicted octanol–water partition coefficient (Wildman–Crippen LogP) is 20.6. The first-order valence-electron chi connectivity index (χ1n) is 30.2. The van der Waals surface area contributed by atoms with Gasteiger partial charge in [0.05, 0.1) is 0 Å². The maximum absolute atomic E-state index is 12.9. The molecule has 0 aliphatic rings. The van der Waals surface area contributed by atoms with Crippen LogP contribution in [0.5, 0.6) is 0 Å². The van der Waals surface area contributed by atoms with Crippen LogP contribution in [0.4, 0.5) is 0 Å². The molecule has 0 aliphatic heterocycles. The third-order valence-electron chi connectivity index (χ3n) is 12.4. The van der Waals surface area contributed by atoms with Gasteiger partial charge in [0.25, 0.3) is 0 Å². The highest BCUT2D eigenvalue weighted by Gasteiger charge is 2.19. The van der Waals surface area contributed by atoms with Crippen molar-refractivity contribution in [2.24, 2.45) is 0 Å². The lowest BCUT2D eigenvalue weighted by atomic mass is 10.1. The molecule has 418 valence electrons. The van der Waals surface area contributed by atoms with E-state index in [2.05, 4.69) is 154 Å². The molecule has 0 N–H and O–H groups in total. The summed E-state index contributed by atoms with van der Waals surface area (Å²) in [5, 5.41) is 0. The average molecular weight is 1020 g/mol. The fourth-order valence-electron chi connectivity index (χ4n) is 7.89. The number of hydrogen-bond donors (Lipinski definition) is 0. The average Bonchev–Trinajstić information content (AvgIpc) is 3.40. The van der Waals surface area contributed by atoms with Crippen molar-refractivity contribution in [2.45, 2.75) is 264 Å². The molecule has 0 heterocycles. The lowest BCUT2D eigenvalue weighted by Gasteiger charge is -2.18. The van der Waals surface area contributed by atoms with Gasteiger partial charge >= 0.3 is 17.9 Å². The van der Waals surface area contributed by atoms with Crippen LogP contribution < -0.4 is 0 Å². The summed E-state index contributed by atoms with van der Waals surface area (Å²) in [6, 6.07) is 0. The van der Waals surface area contributed by atoms with Gasteiger partial charge in [-0.25, -0.2) is 0 Å². The summed E-state index contributed by atoms with van der Waals surface area (Å²) in [6.07, 6.45) is 85.8. The number of carbonyl (C=O) groups is 3. The van der Waals surface area contributed by atoms with E-state index in [1.807, 2.05) is 0 Å². The van der Waals surface area contributed by atoms with Crippen LogP contribution in [-0.4, -0.2) is 37.2 Å². The van der Waals surface area contributed by atoms with Crippen LogP contribution >= 0.6 is 0 Å². The summed E-state index contributed by atoms with van der Waals surface area (Å²) in [6.45, 7) is 6.34. The van der Waals surface area contributed by atoms with Crippen molar-refractivity contribution in [3.63, 3.8) is 0 Å². The molecule has 6 heteroatoms. The number of unbranched alkanes of at least 4 members (excludes halogenated alkanes) is 20. The van der Waals surface area contributed by atoms with Crippen LogP contribution in [0.1, 0.15) is 258 Å². The van der Waals surface area contributed by atoms with Crippen LogP contribution in [0, 0.1) is 0 Å². The highest BCUT2D eigenvalue weighted by Crippen LogP contribution is 2.14. The van der Waals surface area contributed by atoms with Crippen molar-refractivity contribution in [3.8, 4) is 0 Å². The van der Waals surface area contributed by atoms with Gasteiger partial charge in [0.1, 0.15) is 13.2 Å². The van der Waals surface area contributed by atoms with Crippen molar-refractivity contribution in [2.75, 3.05) is 13.2 Å². The molecule has 0 aromatic rings. The Bertz CT molecular complexity index is 1600. The zero-order chi connectivity index (χ0) is 53.6. The van der Waals surface area contributed by atoms with E-state index in [1.165, 1.54) is 57.8 Å². The predicted molar refractivity (Wildman–Crippen MR) is 320 cm³/mol. The molecule has 0 bridgehead atoms. The molecule has 0 fully saturated rings. The largest absolute Gasteiger partial charge is 0.462 e. The van der Waals surface area contributed by atoms with Gasteiger partial charge in [0.2, 0.25) is 0 Å². The second-order valence-corrected chi connectivity index (χ2v) is 19.5. The molecule has 74 heavy (non-hydrogen) atoms. The second-order valence-electron chi connectivity index (χ2n) is 19.5. The van der Waals surface area contributed by atoms with Crippen molar-refractivity contribution in [1.82, 2.24) is 0 Å². The molecule has 0 saturated carbocycles. The maximum Gasteiger partial charge on any atom is 0.306 e. The Labute approximate surface area is 455 Å². The Kier molecular flexibility index (Phi) is 57.4. The number of allylic oxidation sites excluding steroid dienone is 22. The Morgan fingerprint density at radius 2 is 0.527 bits per heavy atom. The van der Waals surface area contributed by atoms with Crippen LogP contribution in [0.2, 0.25) is 0 Å². The number of carbonyl (C=O) groups excluding carboxylic acids is 3. The minimum atomic E-state index is -0.803. The minimum absolute atomic E-state index is 0.0986. The van der Waals surface area contributed by atoms with Gasteiger partial charge in [-0.15, -0.1) is 0 Å². The SMILES string of the molecule is CC/C=C\C/C=C\C/C=C\C/C=C\C/C=C\CCCCCCCCCC(=O)OCC(COC(=O)CCCCCCC/C=C\C/C=C\CCCC)OC(=O)CCCCCCCC/C=C\C/C=C\C/C=C\C/C=C\CC. The van der Waals surface area contributed by atoms with E-state index in [0.29, 0.717) is 19.3 Å². The molecule has 0 saturated heterocycles. The van der Waals surface area contributed by atoms with E-state index in [1.54, 1.807) is 0 Å². The molecule has 0 spiro atoms. The lowest BCUT2D eigenvalue weighted by molar-refractivity contribution is -0.167. The maximum atomic E-state index is 12.9. The fraction of sp³-hybridized carbons (Fsp3) is 0.632. The van der Waals surface area contributed by atoms with Gasteiger partial charge in [-0.2, -0.15) is 0 Å². The third kappa shape index (κ3) is 58.4. The van der Waals surface area contributed by atoms with Crippen molar-refractivity contribution < 1.29 is 28.6 Å². The van der Waals surface area contributed by atoms with Crippen LogP contribution in [0.15, 0.2) is 134 Å². The van der Waals surface area contributed by atoms with E-state index in [-0.39, 0.29) is 31.1 Å². The monoisotopic (exact) mass is 1020 g/mol. The summed E-state index contributed by atoms with van der Waals surface area (Å²) < 4.78 is 16.9. The normalized spacial score (nSPS) is 13.1. The summed E-state index contributed by atoms with van der Waals surface area (Å²) in [5.74, 6) is -0.938. The molecule has 1 atom stereocenters. The van der Waals surface area contributed by atoms with E-state index in [9.17, 15) is 14.4 Å². The first kappa shape index (κ1) is 69.5. The Morgan fingerprint density at radius 3 is 0.824 bits per heavy atom. The van der Waals surface area contributed by atoms with Crippen LogP contribution in [-0.2, 0) is 28.6 Å². The van der Waals surface area contributed by atoms with E-state index in [0.717, 1.165) is 161 Å². The Hall–Kier alpha value is -4.45. The number of hydrogen-bond acceptors (Lipinski definition) is 6. The molecular formula is C68H110O6. The van der Waals surface area contributed by atoms with Gasteiger partial charge in [-0.1, -0.05) is 244 Å². The van der Waals surface area contributed by atoms with Crippen LogP contribution in [0.3, 0.4) is 0 Å². The fourth-order valence-corrected chi connectivity index (χ4v) is 7.89. The highest BCUT2D eigenvalue weighted by molar-refractivity contribution is 5.71. The number of esters is 3. The molecule has 0 rings (SSSR count). The van der Waals surface area contributed by atoms with E-state index < -0.39 is 6.10 Å². The van der Waals surface area contributed by atoms with E-state index in [4.69, 9.17) is 14.2 Å². The molecule has 0 aromatic heterocycles. The minimum Gasteiger partial charge on any atom is -0.462 e. The van der Waals surface area contributed by atoms with Crippen LogP contribution in [0.25, 0.3) is 0 Å². The summed E-state index contributed by atoms with van der Waals surface area (Å²) in [5.41, 5.74) is 0. The van der Waals surface area contributed by atoms with Gasteiger partial charge in [0, 0.05) is 19.3 Å². The van der Waals surface area contributed by atoms with Crippen molar-refractivity contribution in [1.29, 1.82) is 0 Å². The van der Waals surface area contributed by atoms with Gasteiger partial charge in [-0.05, 0) is 128 Å². The lowest BCUT2D eigenvalue weighted by Crippen LogP contribution is -2.30. The molecule has 1 unspecified atom stereocenters. The highest BCUT2D eigenvalue weighted by atomic mass is 16.6. The Morgan fingerprint density at radius 1 is 0.284 bits per heavy atom. The van der Waals surface area contributed by atoms with Gasteiger partial charge in [-0.3, -0.25) is 14.4 Å². The molecule has 0 radical (unpaired) electrons. The summed E-state index contributed by atoms with van der Waals surface area (Å²) >= 11 is 0. The third-order valence-corrected chi connectivity index (χ3v) is 12.4. The number of ether oxygens (including phenoxy) is 3. The molecule has 6 nitrogen and oxygen atoms in total. The second kappa shape index (κ2) is 61.1. The first-order chi connectivity index (χ1) is 36.5. The molecule has 0 aromatic carbocycles. The molecule has 0 aliphatic carbocycles. The first-order valence-corrected chi connectivity index (χ1v) is 30.2. The number of rotatable bonds is 53. The summed E-state index contributed by atoms with van der Waals surface area (Å²) in [4.78, 5) is 38.3. The molecular weight excluding hydrogens is 913 g/mol. The van der Waals surface area contributed by atoms with Crippen molar-refractivity contribution in [3.05, 3.63) is 134 Å². The molecule has 0 amide bonds. The topological polar surface area (TPSA) is 78.9 Å².